The molecule has 0 radical (unpaired) electrons. The van der Waals surface area contributed by atoms with Crippen LogP contribution >= 0.6 is 7.92 Å². The third kappa shape index (κ3) is 4.76. The van der Waals surface area contributed by atoms with Crippen molar-refractivity contribution in [2.75, 3.05) is 31.7 Å². The van der Waals surface area contributed by atoms with E-state index in [1.807, 2.05) is 0 Å². The van der Waals surface area contributed by atoms with Crippen molar-refractivity contribution < 1.29 is 0 Å². The first-order valence-corrected chi connectivity index (χ1v) is 6.62. The second-order valence-corrected chi connectivity index (χ2v) is 5.64. The monoisotopic (exact) mass is 175 g/mol. The van der Waals surface area contributed by atoms with Gasteiger partial charge in [0.1, 0.15) is 0 Å². The molecule has 0 rings (SSSR count). The van der Waals surface area contributed by atoms with E-state index >= 15 is 0 Å². The van der Waals surface area contributed by atoms with E-state index in [4.69, 9.17) is 0 Å². The molecule has 0 N–H and O–H groups in total. The summed E-state index contributed by atoms with van der Waals surface area (Å²) in [6.45, 7) is 11.6. The van der Waals surface area contributed by atoms with Crippen LogP contribution in [-0.2, 0) is 0 Å². The Morgan fingerprint density at radius 3 is 1.64 bits per heavy atom. The van der Waals surface area contributed by atoms with E-state index in [0.29, 0.717) is 7.92 Å². The normalized spacial score (nSPS) is 11.5. The molecule has 0 saturated carbocycles. The zero-order valence-electron chi connectivity index (χ0n) is 8.43. The van der Waals surface area contributed by atoms with Crippen molar-refractivity contribution >= 4 is 7.92 Å². The van der Waals surface area contributed by atoms with Crippen molar-refractivity contribution in [3.63, 3.8) is 0 Å². The van der Waals surface area contributed by atoms with E-state index in [9.17, 15) is 0 Å². The molecule has 0 fully saturated rings. The van der Waals surface area contributed by atoms with Crippen LogP contribution in [0.25, 0.3) is 0 Å². The SMILES string of the molecule is CCN(CC)CP(CC)CC. The maximum Gasteiger partial charge on any atom is 0.0183 e. The molecule has 0 amide bonds. The average Bonchev–Trinajstić information content (AvgIpc) is 2.07. The van der Waals surface area contributed by atoms with Gasteiger partial charge < -0.3 is 0 Å². The molecule has 0 aromatic rings. The van der Waals surface area contributed by atoms with Gasteiger partial charge in [-0.05, 0) is 25.4 Å². The van der Waals surface area contributed by atoms with Crippen LogP contribution in [0.1, 0.15) is 27.7 Å². The van der Waals surface area contributed by atoms with Gasteiger partial charge in [0.2, 0.25) is 0 Å². The molecule has 11 heavy (non-hydrogen) atoms. The summed E-state index contributed by atoms with van der Waals surface area (Å²) in [6, 6.07) is 0. The van der Waals surface area contributed by atoms with Gasteiger partial charge in [-0.2, -0.15) is 0 Å². The maximum absolute atomic E-state index is 2.54. The van der Waals surface area contributed by atoms with Crippen molar-refractivity contribution in [3.05, 3.63) is 0 Å². The van der Waals surface area contributed by atoms with Gasteiger partial charge in [-0.1, -0.05) is 35.6 Å². The summed E-state index contributed by atoms with van der Waals surface area (Å²) in [5.41, 5.74) is 0. The van der Waals surface area contributed by atoms with Crippen molar-refractivity contribution in [1.82, 2.24) is 4.90 Å². The minimum absolute atomic E-state index is 0.319. The molecule has 0 heterocycles. The highest BCUT2D eigenvalue weighted by Crippen LogP contribution is 2.34. The summed E-state index contributed by atoms with van der Waals surface area (Å²) in [4.78, 5) is 2.54. The molecular formula is C9H22NP. The summed E-state index contributed by atoms with van der Waals surface area (Å²) >= 11 is 0. The van der Waals surface area contributed by atoms with Crippen LogP contribution in [0.5, 0.6) is 0 Å². The van der Waals surface area contributed by atoms with Crippen LogP contribution in [0.2, 0.25) is 0 Å². The number of hydrogen-bond acceptors (Lipinski definition) is 1. The summed E-state index contributed by atoms with van der Waals surface area (Å²) in [5.74, 6) is 0. The summed E-state index contributed by atoms with van der Waals surface area (Å²) in [5, 5.41) is 0. The van der Waals surface area contributed by atoms with Gasteiger partial charge >= 0.3 is 0 Å². The van der Waals surface area contributed by atoms with Crippen molar-refractivity contribution in [1.29, 1.82) is 0 Å². The molecule has 0 spiro atoms. The zero-order chi connectivity index (χ0) is 8.69. The lowest BCUT2D eigenvalue weighted by atomic mass is 10.6. The average molecular weight is 175 g/mol. The summed E-state index contributed by atoms with van der Waals surface area (Å²) in [7, 11) is 0.319. The number of hydrogen-bond donors (Lipinski definition) is 0. The molecule has 0 aliphatic heterocycles. The van der Waals surface area contributed by atoms with E-state index in [2.05, 4.69) is 32.6 Å². The number of nitrogens with zero attached hydrogens (tertiary/aromatic N) is 1. The van der Waals surface area contributed by atoms with Crippen molar-refractivity contribution in [3.8, 4) is 0 Å². The van der Waals surface area contributed by atoms with E-state index in [-0.39, 0.29) is 0 Å². The van der Waals surface area contributed by atoms with Gasteiger partial charge in [-0.25, -0.2) is 0 Å². The van der Waals surface area contributed by atoms with Gasteiger partial charge in [0, 0.05) is 6.29 Å². The standard InChI is InChI=1S/C9H22NP/c1-5-10(6-2)9-11(7-3)8-4/h5-9H2,1-4H3. The smallest absolute Gasteiger partial charge is 0.0183 e. The predicted octanol–water partition coefficient (Wildman–Crippen LogP) is 2.81. The highest BCUT2D eigenvalue weighted by Gasteiger charge is 2.06. The van der Waals surface area contributed by atoms with Crippen LogP contribution < -0.4 is 0 Å². The van der Waals surface area contributed by atoms with E-state index in [0.717, 1.165) is 0 Å². The van der Waals surface area contributed by atoms with Gasteiger partial charge in [-0.3, -0.25) is 4.90 Å². The maximum atomic E-state index is 2.54. The predicted molar refractivity (Wildman–Crippen MR) is 55.8 cm³/mol. The minimum Gasteiger partial charge on any atom is -0.300 e. The first kappa shape index (κ1) is 11.4. The first-order chi connectivity index (χ1) is 5.28. The van der Waals surface area contributed by atoms with Crippen LogP contribution in [0, 0.1) is 0 Å². The van der Waals surface area contributed by atoms with Crippen LogP contribution in [0.4, 0.5) is 0 Å². The molecule has 0 saturated heterocycles. The topological polar surface area (TPSA) is 3.24 Å². The lowest BCUT2D eigenvalue weighted by molar-refractivity contribution is 0.355. The molecule has 0 atom stereocenters. The van der Waals surface area contributed by atoms with Gasteiger partial charge in [0.25, 0.3) is 0 Å². The molecule has 0 aromatic carbocycles. The Bertz CT molecular complexity index is 67.6. The van der Waals surface area contributed by atoms with E-state index in [1.165, 1.54) is 31.7 Å². The van der Waals surface area contributed by atoms with E-state index < -0.39 is 0 Å². The Balaban J connectivity index is 3.58. The Hall–Kier alpha value is 0.390. The van der Waals surface area contributed by atoms with Crippen molar-refractivity contribution in [2.45, 2.75) is 27.7 Å². The molecule has 1 nitrogen and oxygen atoms in total. The molecule has 0 unspecified atom stereocenters. The van der Waals surface area contributed by atoms with Crippen LogP contribution in [0.3, 0.4) is 0 Å². The van der Waals surface area contributed by atoms with Crippen LogP contribution in [-0.4, -0.2) is 36.6 Å². The summed E-state index contributed by atoms with van der Waals surface area (Å²) in [6.07, 6.45) is 4.14. The first-order valence-electron chi connectivity index (χ1n) is 4.73. The molecule has 0 aromatic heterocycles. The van der Waals surface area contributed by atoms with Crippen molar-refractivity contribution in [2.24, 2.45) is 0 Å². The fraction of sp³-hybridized carbons (Fsp3) is 1.00. The Morgan fingerprint density at radius 2 is 1.36 bits per heavy atom. The molecule has 2 heteroatoms. The van der Waals surface area contributed by atoms with Gasteiger partial charge in [-0.15, -0.1) is 0 Å². The van der Waals surface area contributed by atoms with Gasteiger partial charge in [0.05, 0.1) is 0 Å². The Labute approximate surface area is 72.9 Å². The Kier molecular flexibility index (Phi) is 7.31. The number of rotatable bonds is 6. The van der Waals surface area contributed by atoms with Gasteiger partial charge in [0.15, 0.2) is 0 Å². The zero-order valence-corrected chi connectivity index (χ0v) is 9.32. The highest BCUT2D eigenvalue weighted by atomic mass is 31.1. The molecule has 0 bridgehead atoms. The quantitative estimate of drug-likeness (QED) is 0.561. The third-order valence-corrected chi connectivity index (χ3v) is 4.78. The second kappa shape index (κ2) is 7.06. The molecule has 0 aliphatic carbocycles. The second-order valence-electron chi connectivity index (χ2n) is 2.75. The molecular weight excluding hydrogens is 153 g/mol. The lowest BCUT2D eigenvalue weighted by Crippen LogP contribution is -2.23. The third-order valence-electron chi connectivity index (χ3n) is 2.19. The fourth-order valence-electron chi connectivity index (χ4n) is 1.13. The Morgan fingerprint density at radius 1 is 0.909 bits per heavy atom. The molecule has 0 aliphatic rings. The van der Waals surface area contributed by atoms with Crippen LogP contribution in [0.15, 0.2) is 0 Å². The fourth-order valence-corrected chi connectivity index (χ4v) is 2.94. The highest BCUT2D eigenvalue weighted by molar-refractivity contribution is 7.57. The van der Waals surface area contributed by atoms with E-state index in [1.54, 1.807) is 0 Å². The summed E-state index contributed by atoms with van der Waals surface area (Å²) < 4.78 is 0. The lowest BCUT2D eigenvalue weighted by Gasteiger charge is -2.23. The molecule has 68 valence electrons. The minimum atomic E-state index is 0.319. The largest absolute Gasteiger partial charge is 0.300 e.